The Morgan fingerprint density at radius 1 is 1.25 bits per heavy atom. The lowest BCUT2D eigenvalue weighted by Crippen LogP contribution is -2.11. The minimum atomic E-state index is -3.41. The summed E-state index contributed by atoms with van der Waals surface area (Å²) in [6.45, 7) is 2.75. The SMILES string of the molecule is Cc1ccc2c(C3CCCCC3)c(Br)n(CCOS(C)(=O)=O)c2c1. The first-order valence-electron chi connectivity index (χ1n) is 8.49. The molecule has 0 aliphatic heterocycles. The van der Waals surface area contributed by atoms with Gasteiger partial charge in [-0.1, -0.05) is 31.4 Å². The number of halogens is 1. The molecule has 132 valence electrons. The van der Waals surface area contributed by atoms with Gasteiger partial charge < -0.3 is 4.57 Å². The van der Waals surface area contributed by atoms with E-state index < -0.39 is 10.1 Å². The highest BCUT2D eigenvalue weighted by atomic mass is 79.9. The zero-order chi connectivity index (χ0) is 17.3. The highest BCUT2D eigenvalue weighted by molar-refractivity contribution is 9.10. The number of rotatable bonds is 5. The average molecular weight is 414 g/mol. The molecule has 1 saturated carbocycles. The van der Waals surface area contributed by atoms with Gasteiger partial charge in [-0.3, -0.25) is 4.18 Å². The second kappa shape index (κ2) is 7.18. The number of nitrogens with zero attached hydrogens (tertiary/aromatic N) is 1. The van der Waals surface area contributed by atoms with Crippen LogP contribution in [0.25, 0.3) is 10.9 Å². The lowest BCUT2D eigenvalue weighted by molar-refractivity contribution is 0.304. The van der Waals surface area contributed by atoms with E-state index in [4.69, 9.17) is 4.18 Å². The van der Waals surface area contributed by atoms with Gasteiger partial charge in [-0.15, -0.1) is 0 Å². The summed E-state index contributed by atoms with van der Waals surface area (Å²) in [5.74, 6) is 0.579. The van der Waals surface area contributed by atoms with E-state index in [-0.39, 0.29) is 6.61 Å². The largest absolute Gasteiger partial charge is 0.333 e. The number of hydrogen-bond acceptors (Lipinski definition) is 3. The van der Waals surface area contributed by atoms with E-state index in [2.05, 4.69) is 45.6 Å². The van der Waals surface area contributed by atoms with Gasteiger partial charge in [-0.05, 0) is 58.8 Å². The Bertz CT molecular complexity index is 836. The third kappa shape index (κ3) is 3.86. The number of aryl methyl sites for hydroxylation is 1. The Balaban J connectivity index is 2.00. The molecule has 6 heteroatoms. The highest BCUT2D eigenvalue weighted by Crippen LogP contribution is 2.42. The molecular formula is C18H24BrNO3S. The van der Waals surface area contributed by atoms with Crippen LogP contribution in [0.5, 0.6) is 0 Å². The molecule has 0 spiro atoms. The van der Waals surface area contributed by atoms with E-state index >= 15 is 0 Å². The Morgan fingerprint density at radius 3 is 2.62 bits per heavy atom. The first kappa shape index (κ1) is 18.0. The molecule has 1 aliphatic rings. The minimum absolute atomic E-state index is 0.152. The van der Waals surface area contributed by atoms with Crippen LogP contribution in [0.15, 0.2) is 22.8 Å². The third-order valence-electron chi connectivity index (χ3n) is 4.82. The first-order chi connectivity index (χ1) is 11.4. The van der Waals surface area contributed by atoms with Crippen molar-refractivity contribution < 1.29 is 12.6 Å². The molecule has 1 aromatic carbocycles. The molecule has 0 radical (unpaired) electrons. The topological polar surface area (TPSA) is 48.3 Å². The summed E-state index contributed by atoms with van der Waals surface area (Å²) >= 11 is 3.79. The van der Waals surface area contributed by atoms with Crippen LogP contribution in [-0.4, -0.2) is 25.8 Å². The molecule has 0 amide bonds. The molecule has 0 bridgehead atoms. The van der Waals surface area contributed by atoms with E-state index in [1.54, 1.807) is 0 Å². The van der Waals surface area contributed by atoms with Gasteiger partial charge >= 0.3 is 0 Å². The van der Waals surface area contributed by atoms with Crippen molar-refractivity contribution in [3.05, 3.63) is 33.9 Å². The quantitative estimate of drug-likeness (QED) is 0.665. The normalized spacial score (nSPS) is 16.8. The average Bonchev–Trinajstić information content (AvgIpc) is 2.79. The fraction of sp³-hybridized carbons (Fsp3) is 0.556. The summed E-state index contributed by atoms with van der Waals surface area (Å²) in [4.78, 5) is 0. The molecule has 2 aromatic rings. The number of benzene rings is 1. The smallest absolute Gasteiger partial charge is 0.264 e. The Hall–Kier alpha value is -0.850. The lowest BCUT2D eigenvalue weighted by atomic mass is 9.84. The van der Waals surface area contributed by atoms with Crippen LogP contribution in [-0.2, 0) is 20.8 Å². The second-order valence-electron chi connectivity index (χ2n) is 6.74. The minimum Gasteiger partial charge on any atom is -0.333 e. The lowest BCUT2D eigenvalue weighted by Gasteiger charge is -2.22. The maximum Gasteiger partial charge on any atom is 0.264 e. The number of fused-ring (bicyclic) bond motifs is 1. The van der Waals surface area contributed by atoms with Gasteiger partial charge in [0.1, 0.15) is 0 Å². The molecule has 4 nitrogen and oxygen atoms in total. The van der Waals surface area contributed by atoms with Gasteiger partial charge in [0, 0.05) is 17.4 Å². The third-order valence-corrected chi connectivity index (χ3v) is 6.27. The molecular weight excluding hydrogens is 390 g/mol. The fourth-order valence-corrected chi connectivity index (χ4v) is 5.02. The van der Waals surface area contributed by atoms with Crippen molar-refractivity contribution in [2.24, 2.45) is 0 Å². The summed E-state index contributed by atoms with van der Waals surface area (Å²) in [7, 11) is -3.41. The van der Waals surface area contributed by atoms with E-state index in [0.29, 0.717) is 12.5 Å². The van der Waals surface area contributed by atoms with Gasteiger partial charge in [0.15, 0.2) is 0 Å². The maximum absolute atomic E-state index is 11.2. The van der Waals surface area contributed by atoms with Crippen molar-refractivity contribution in [3.8, 4) is 0 Å². The molecule has 0 saturated heterocycles. The van der Waals surface area contributed by atoms with Crippen LogP contribution in [0.1, 0.15) is 49.1 Å². The van der Waals surface area contributed by atoms with E-state index in [1.165, 1.54) is 48.6 Å². The standard InChI is InChI=1S/C18H24BrNO3S/c1-13-8-9-15-16(12-13)20(10-11-23-24(2,21)22)18(19)17(15)14-6-4-3-5-7-14/h8-9,12,14H,3-7,10-11H2,1-2H3. The van der Waals surface area contributed by atoms with E-state index in [9.17, 15) is 8.42 Å². The molecule has 3 rings (SSSR count). The summed E-state index contributed by atoms with van der Waals surface area (Å²) in [6.07, 6.45) is 7.44. The fourth-order valence-electron chi connectivity index (χ4n) is 3.73. The monoisotopic (exact) mass is 413 g/mol. The van der Waals surface area contributed by atoms with Crippen LogP contribution >= 0.6 is 15.9 Å². The summed E-state index contributed by atoms with van der Waals surface area (Å²) in [5, 5.41) is 1.28. The van der Waals surface area contributed by atoms with Crippen LogP contribution < -0.4 is 0 Å². The molecule has 1 heterocycles. The predicted octanol–water partition coefficient (Wildman–Crippen LogP) is 4.74. The number of hydrogen-bond donors (Lipinski definition) is 0. The van der Waals surface area contributed by atoms with Crippen LogP contribution in [0.2, 0.25) is 0 Å². The maximum atomic E-state index is 11.2. The van der Waals surface area contributed by atoms with Gasteiger partial charge in [0.25, 0.3) is 10.1 Å². The van der Waals surface area contributed by atoms with Crippen LogP contribution in [0.4, 0.5) is 0 Å². The first-order valence-corrected chi connectivity index (χ1v) is 11.1. The van der Waals surface area contributed by atoms with E-state index in [0.717, 1.165) is 16.4 Å². The van der Waals surface area contributed by atoms with Crippen molar-refractivity contribution >= 4 is 37.0 Å². The van der Waals surface area contributed by atoms with Gasteiger partial charge in [-0.2, -0.15) is 8.42 Å². The van der Waals surface area contributed by atoms with Crippen LogP contribution in [0, 0.1) is 6.92 Å². The van der Waals surface area contributed by atoms with Crippen molar-refractivity contribution in [3.63, 3.8) is 0 Å². The Kier molecular flexibility index (Phi) is 5.37. The van der Waals surface area contributed by atoms with Crippen molar-refractivity contribution in [1.29, 1.82) is 0 Å². The van der Waals surface area contributed by atoms with Crippen molar-refractivity contribution in [2.75, 3.05) is 12.9 Å². The molecule has 0 atom stereocenters. The zero-order valence-electron chi connectivity index (χ0n) is 14.2. The van der Waals surface area contributed by atoms with Crippen molar-refractivity contribution in [2.45, 2.75) is 51.5 Å². The van der Waals surface area contributed by atoms with Crippen molar-refractivity contribution in [1.82, 2.24) is 4.57 Å². The summed E-state index contributed by atoms with van der Waals surface area (Å²) < 4.78 is 30.6. The predicted molar refractivity (Wildman–Crippen MR) is 101 cm³/mol. The summed E-state index contributed by atoms with van der Waals surface area (Å²) in [6, 6.07) is 6.53. The van der Waals surface area contributed by atoms with Gasteiger partial charge in [0.2, 0.25) is 0 Å². The molecule has 1 aliphatic carbocycles. The molecule has 0 N–H and O–H groups in total. The molecule has 0 unspecified atom stereocenters. The zero-order valence-corrected chi connectivity index (χ0v) is 16.6. The second-order valence-corrected chi connectivity index (χ2v) is 9.13. The van der Waals surface area contributed by atoms with Gasteiger partial charge in [-0.25, -0.2) is 0 Å². The Morgan fingerprint density at radius 2 is 1.96 bits per heavy atom. The highest BCUT2D eigenvalue weighted by Gasteiger charge is 2.24. The molecule has 1 aromatic heterocycles. The number of aromatic nitrogens is 1. The van der Waals surface area contributed by atoms with E-state index in [1.807, 2.05) is 0 Å². The molecule has 1 fully saturated rings. The van der Waals surface area contributed by atoms with Crippen LogP contribution in [0.3, 0.4) is 0 Å². The molecule has 24 heavy (non-hydrogen) atoms. The summed E-state index contributed by atoms with van der Waals surface area (Å²) in [5.41, 5.74) is 3.73. The van der Waals surface area contributed by atoms with Gasteiger partial charge in [0.05, 0.1) is 17.5 Å². The Labute approximate surface area is 152 Å².